The lowest BCUT2D eigenvalue weighted by atomic mass is 10.2. The Hall–Kier alpha value is -1.33. The van der Waals surface area contributed by atoms with Crippen LogP contribution in [0.4, 0.5) is 5.69 Å². The summed E-state index contributed by atoms with van der Waals surface area (Å²) >= 11 is 5.32. The van der Waals surface area contributed by atoms with Crippen molar-refractivity contribution in [1.82, 2.24) is 0 Å². The summed E-state index contributed by atoms with van der Waals surface area (Å²) in [4.78, 5) is 15.5. The summed E-state index contributed by atoms with van der Waals surface area (Å²) in [5.74, 6) is -0.738. The van der Waals surface area contributed by atoms with E-state index in [1.54, 1.807) is 11.3 Å². The Morgan fingerprint density at radius 2 is 2.05 bits per heavy atom. The molecule has 2 rings (SSSR count). The zero-order valence-electron chi connectivity index (χ0n) is 11.9. The van der Waals surface area contributed by atoms with E-state index in [-0.39, 0.29) is 6.42 Å². The van der Waals surface area contributed by atoms with Gasteiger partial charge in [-0.15, -0.1) is 11.3 Å². The molecule has 1 N–H and O–H groups in total. The third kappa shape index (κ3) is 4.86. The summed E-state index contributed by atoms with van der Waals surface area (Å²) in [5.41, 5.74) is 1.13. The van der Waals surface area contributed by atoms with Crippen LogP contribution in [0.2, 0.25) is 0 Å². The lowest BCUT2D eigenvalue weighted by Gasteiger charge is -2.24. The summed E-state index contributed by atoms with van der Waals surface area (Å²) in [6, 6.07) is 12.3. The van der Waals surface area contributed by atoms with Crippen LogP contribution in [-0.2, 0) is 11.3 Å². The number of aliphatic carboxylic acids is 1. The molecule has 3 nitrogen and oxygen atoms in total. The first-order chi connectivity index (χ1) is 10.1. The molecule has 1 heterocycles. The first-order valence-corrected chi connectivity index (χ1v) is 8.44. The number of hydrogen-bond donors (Lipinski definition) is 1. The topological polar surface area (TPSA) is 40.5 Å². The maximum absolute atomic E-state index is 10.7. The van der Waals surface area contributed by atoms with Crippen molar-refractivity contribution in [1.29, 1.82) is 0 Å². The van der Waals surface area contributed by atoms with Crippen LogP contribution in [0.25, 0.3) is 0 Å². The second-order valence-electron chi connectivity index (χ2n) is 4.87. The molecule has 0 saturated carbocycles. The minimum Gasteiger partial charge on any atom is -0.481 e. The van der Waals surface area contributed by atoms with E-state index in [1.165, 1.54) is 9.75 Å². The van der Waals surface area contributed by atoms with Crippen LogP contribution in [-0.4, -0.2) is 17.6 Å². The van der Waals surface area contributed by atoms with Gasteiger partial charge in [-0.25, -0.2) is 0 Å². The Morgan fingerprint density at radius 3 is 2.62 bits per heavy atom. The number of carbonyl (C=O) groups is 1. The van der Waals surface area contributed by atoms with Crippen molar-refractivity contribution < 1.29 is 9.90 Å². The first kappa shape index (κ1) is 16.0. The zero-order valence-corrected chi connectivity index (χ0v) is 14.3. The largest absolute Gasteiger partial charge is 0.481 e. The van der Waals surface area contributed by atoms with Crippen LogP contribution >= 0.6 is 27.3 Å². The van der Waals surface area contributed by atoms with Crippen LogP contribution in [0, 0.1) is 6.92 Å². The number of anilines is 1. The van der Waals surface area contributed by atoms with Crippen molar-refractivity contribution in [2.75, 3.05) is 11.4 Å². The van der Waals surface area contributed by atoms with Crippen molar-refractivity contribution in [3.05, 3.63) is 50.6 Å². The molecule has 0 atom stereocenters. The number of para-hydroxylation sites is 1. The van der Waals surface area contributed by atoms with Gasteiger partial charge in [-0.1, -0.05) is 18.2 Å². The normalized spacial score (nSPS) is 10.6. The highest BCUT2D eigenvalue weighted by atomic mass is 79.9. The van der Waals surface area contributed by atoms with Crippen molar-refractivity contribution in [2.45, 2.75) is 26.3 Å². The van der Waals surface area contributed by atoms with Gasteiger partial charge in [0.25, 0.3) is 0 Å². The molecule has 0 aliphatic rings. The van der Waals surface area contributed by atoms with Gasteiger partial charge in [0.15, 0.2) is 0 Å². The Labute approximate surface area is 137 Å². The van der Waals surface area contributed by atoms with E-state index in [9.17, 15) is 4.79 Å². The van der Waals surface area contributed by atoms with Crippen LogP contribution in [0.5, 0.6) is 0 Å². The quantitative estimate of drug-likeness (QED) is 0.771. The van der Waals surface area contributed by atoms with Gasteiger partial charge in [0.1, 0.15) is 0 Å². The summed E-state index contributed by atoms with van der Waals surface area (Å²) in [7, 11) is 0. The average molecular weight is 368 g/mol. The molecule has 0 aliphatic heterocycles. The number of hydrogen-bond acceptors (Lipinski definition) is 3. The number of nitrogens with zero attached hydrogens (tertiary/aromatic N) is 1. The van der Waals surface area contributed by atoms with E-state index >= 15 is 0 Å². The molecular formula is C16H18BrNO2S. The van der Waals surface area contributed by atoms with Crippen LogP contribution in [0.1, 0.15) is 22.6 Å². The summed E-state index contributed by atoms with van der Waals surface area (Å²) in [6.07, 6.45) is 0.853. The molecule has 112 valence electrons. The lowest BCUT2D eigenvalue weighted by molar-refractivity contribution is -0.137. The van der Waals surface area contributed by atoms with Gasteiger partial charge in [-0.2, -0.15) is 0 Å². The number of aryl methyl sites for hydroxylation is 1. The Bertz CT molecular complexity index is 578. The highest BCUT2D eigenvalue weighted by Crippen LogP contribution is 2.28. The molecule has 0 amide bonds. The van der Waals surface area contributed by atoms with E-state index in [4.69, 9.17) is 5.11 Å². The van der Waals surface area contributed by atoms with Crippen LogP contribution < -0.4 is 4.90 Å². The third-order valence-corrected chi connectivity index (χ3v) is 5.32. The average Bonchev–Trinajstić information content (AvgIpc) is 2.77. The Kier molecular flexibility index (Phi) is 5.82. The minimum absolute atomic E-state index is 0.205. The molecule has 0 radical (unpaired) electrons. The van der Waals surface area contributed by atoms with Gasteiger partial charge < -0.3 is 10.0 Å². The van der Waals surface area contributed by atoms with Crippen molar-refractivity contribution in [3.63, 3.8) is 0 Å². The first-order valence-electron chi connectivity index (χ1n) is 6.83. The maximum Gasteiger partial charge on any atom is 0.303 e. The number of carboxylic acids is 1. The van der Waals surface area contributed by atoms with Crippen molar-refractivity contribution >= 4 is 38.9 Å². The fraction of sp³-hybridized carbons (Fsp3) is 0.312. The molecule has 1 aromatic carbocycles. The van der Waals surface area contributed by atoms with E-state index in [0.717, 1.165) is 23.2 Å². The van der Waals surface area contributed by atoms with Gasteiger partial charge in [0.05, 0.1) is 6.54 Å². The predicted octanol–water partition coefficient (Wildman–Crippen LogP) is 4.69. The maximum atomic E-state index is 10.7. The molecule has 0 saturated heterocycles. The third-order valence-electron chi connectivity index (χ3n) is 3.19. The molecule has 21 heavy (non-hydrogen) atoms. The van der Waals surface area contributed by atoms with E-state index in [2.05, 4.69) is 46.0 Å². The molecule has 0 unspecified atom stereocenters. The van der Waals surface area contributed by atoms with Gasteiger partial charge in [-0.3, -0.25) is 4.79 Å². The second kappa shape index (κ2) is 7.61. The smallest absolute Gasteiger partial charge is 0.303 e. The Morgan fingerprint density at radius 1 is 1.33 bits per heavy atom. The molecule has 1 aromatic heterocycles. The van der Waals surface area contributed by atoms with Crippen LogP contribution in [0.15, 0.2) is 40.9 Å². The number of rotatable bonds is 7. The zero-order chi connectivity index (χ0) is 15.2. The summed E-state index contributed by atoms with van der Waals surface area (Å²) in [6.45, 7) is 3.64. The standard InChI is InChI=1S/C16H18BrNO2S/c1-12-15(17)10-14(21-12)11-18(9-5-8-16(19)20)13-6-3-2-4-7-13/h2-4,6-7,10H,5,8-9,11H2,1H3,(H,19,20). The number of halogens is 1. The van der Waals surface area contributed by atoms with Gasteiger partial charge in [0.2, 0.25) is 0 Å². The highest BCUT2D eigenvalue weighted by molar-refractivity contribution is 9.10. The summed E-state index contributed by atoms with van der Waals surface area (Å²) in [5, 5.41) is 8.80. The molecule has 0 bridgehead atoms. The van der Waals surface area contributed by atoms with Crippen molar-refractivity contribution in [2.24, 2.45) is 0 Å². The molecule has 0 fully saturated rings. The Balaban J connectivity index is 2.09. The highest BCUT2D eigenvalue weighted by Gasteiger charge is 2.11. The minimum atomic E-state index is -0.738. The van der Waals surface area contributed by atoms with Crippen molar-refractivity contribution in [3.8, 4) is 0 Å². The molecule has 5 heteroatoms. The second-order valence-corrected chi connectivity index (χ2v) is 7.07. The van der Waals surface area contributed by atoms with Crippen LogP contribution in [0.3, 0.4) is 0 Å². The van der Waals surface area contributed by atoms with E-state index in [0.29, 0.717) is 6.42 Å². The lowest BCUT2D eigenvalue weighted by Crippen LogP contribution is -2.23. The van der Waals surface area contributed by atoms with E-state index in [1.807, 2.05) is 18.2 Å². The van der Waals surface area contributed by atoms with Gasteiger partial charge in [0, 0.05) is 32.9 Å². The van der Waals surface area contributed by atoms with E-state index < -0.39 is 5.97 Å². The molecule has 0 aliphatic carbocycles. The number of benzene rings is 1. The fourth-order valence-electron chi connectivity index (χ4n) is 2.14. The fourth-order valence-corrected chi connectivity index (χ4v) is 3.76. The SMILES string of the molecule is Cc1sc(CN(CCCC(=O)O)c2ccccc2)cc1Br. The number of thiophene rings is 1. The predicted molar refractivity (Wildman–Crippen MR) is 91.1 cm³/mol. The summed E-state index contributed by atoms with van der Waals surface area (Å²) < 4.78 is 1.14. The van der Waals surface area contributed by atoms with Gasteiger partial charge >= 0.3 is 5.97 Å². The molecular weight excluding hydrogens is 350 g/mol. The molecule has 2 aromatic rings. The number of carboxylic acid groups (broad SMARTS) is 1. The molecule has 0 spiro atoms. The monoisotopic (exact) mass is 367 g/mol. The van der Waals surface area contributed by atoms with Gasteiger partial charge in [-0.05, 0) is 47.5 Å².